The van der Waals surface area contributed by atoms with Crippen LogP contribution in [0.15, 0.2) is 36.9 Å². The zero-order valence-corrected chi connectivity index (χ0v) is 12.0. The SMILES string of the molecule is C=CCOC(=O)c1cc2cc(C(F)P(O)O)ccc2s1. The van der Waals surface area contributed by atoms with Gasteiger partial charge >= 0.3 is 5.97 Å². The summed E-state index contributed by atoms with van der Waals surface area (Å²) >= 11 is 1.23. The molecule has 0 radical (unpaired) electrons. The fraction of sp³-hybridized carbons (Fsp3) is 0.154. The summed E-state index contributed by atoms with van der Waals surface area (Å²) in [6.07, 6.45) is 1.47. The lowest BCUT2D eigenvalue weighted by atomic mass is 10.2. The summed E-state index contributed by atoms with van der Waals surface area (Å²) in [5, 5.41) is 0.664. The Balaban J connectivity index is 2.30. The molecule has 0 saturated heterocycles. The van der Waals surface area contributed by atoms with Gasteiger partial charge in [0.25, 0.3) is 0 Å². The molecule has 0 spiro atoms. The maximum absolute atomic E-state index is 13.5. The third kappa shape index (κ3) is 3.22. The van der Waals surface area contributed by atoms with Crippen LogP contribution in [0.2, 0.25) is 0 Å². The number of carbonyl (C=O) groups is 1. The molecule has 2 rings (SSSR count). The molecule has 1 aromatic carbocycles. The summed E-state index contributed by atoms with van der Waals surface area (Å²) in [4.78, 5) is 29.9. The number of ether oxygens (including phenoxy) is 1. The van der Waals surface area contributed by atoms with E-state index in [1.807, 2.05) is 0 Å². The van der Waals surface area contributed by atoms with E-state index in [1.165, 1.54) is 29.5 Å². The lowest BCUT2D eigenvalue weighted by Gasteiger charge is -2.08. The molecule has 1 unspecified atom stereocenters. The zero-order chi connectivity index (χ0) is 14.7. The van der Waals surface area contributed by atoms with Crippen LogP contribution in [0.25, 0.3) is 10.1 Å². The number of halogens is 1. The van der Waals surface area contributed by atoms with E-state index in [1.54, 1.807) is 12.1 Å². The number of fused-ring (bicyclic) bond motifs is 1. The smallest absolute Gasteiger partial charge is 0.348 e. The normalized spacial score (nSPS) is 12.6. The van der Waals surface area contributed by atoms with Gasteiger partial charge in [-0.05, 0) is 29.1 Å². The zero-order valence-electron chi connectivity index (χ0n) is 10.3. The number of esters is 1. The number of benzene rings is 1. The molecule has 0 aliphatic carbocycles. The Bertz CT molecular complexity index is 640. The molecule has 0 aliphatic rings. The van der Waals surface area contributed by atoms with Gasteiger partial charge in [0.1, 0.15) is 11.5 Å². The fourth-order valence-electron chi connectivity index (χ4n) is 1.65. The molecule has 0 fully saturated rings. The van der Waals surface area contributed by atoms with Crippen molar-refractivity contribution in [1.82, 2.24) is 0 Å². The molecule has 0 aliphatic heterocycles. The Hall–Kier alpha value is -1.33. The summed E-state index contributed by atoms with van der Waals surface area (Å²) in [6.45, 7) is 3.58. The molecule has 0 saturated carbocycles. The average molecular weight is 314 g/mol. The number of carbonyl (C=O) groups excluding carboxylic acids is 1. The Morgan fingerprint density at radius 3 is 2.90 bits per heavy atom. The summed E-state index contributed by atoms with van der Waals surface area (Å²) in [5.41, 5.74) is 0.178. The third-order valence-corrected chi connectivity index (χ3v) is 4.35. The highest BCUT2D eigenvalue weighted by molar-refractivity contribution is 7.45. The first kappa shape index (κ1) is 15.1. The van der Waals surface area contributed by atoms with Crippen molar-refractivity contribution in [1.29, 1.82) is 0 Å². The van der Waals surface area contributed by atoms with E-state index in [0.717, 1.165) is 4.70 Å². The van der Waals surface area contributed by atoms with E-state index in [-0.39, 0.29) is 12.2 Å². The number of hydrogen-bond acceptors (Lipinski definition) is 5. The van der Waals surface area contributed by atoms with Gasteiger partial charge in [0, 0.05) is 4.70 Å². The van der Waals surface area contributed by atoms with E-state index < -0.39 is 20.3 Å². The van der Waals surface area contributed by atoms with Crippen molar-refractivity contribution in [2.75, 3.05) is 6.61 Å². The van der Waals surface area contributed by atoms with Gasteiger partial charge in [-0.1, -0.05) is 18.7 Å². The second-order valence-electron chi connectivity index (χ2n) is 3.95. The molecule has 7 heteroatoms. The first-order valence-electron chi connectivity index (χ1n) is 5.65. The quantitative estimate of drug-likeness (QED) is 0.503. The van der Waals surface area contributed by atoms with E-state index >= 15 is 0 Å². The summed E-state index contributed by atoms with van der Waals surface area (Å²) < 4.78 is 19.3. The van der Waals surface area contributed by atoms with E-state index in [2.05, 4.69) is 6.58 Å². The Morgan fingerprint density at radius 1 is 1.50 bits per heavy atom. The predicted octanol–water partition coefficient (Wildman–Crippen LogP) is 3.51. The first-order valence-corrected chi connectivity index (χ1v) is 7.79. The van der Waals surface area contributed by atoms with Crippen LogP contribution >= 0.6 is 19.7 Å². The summed E-state index contributed by atoms with van der Waals surface area (Å²) in [5.74, 6) is -2.28. The van der Waals surface area contributed by atoms with Crippen LogP contribution < -0.4 is 0 Å². The first-order chi connectivity index (χ1) is 9.52. The van der Waals surface area contributed by atoms with Crippen LogP contribution in [-0.2, 0) is 4.74 Å². The molecule has 2 aromatic rings. The maximum Gasteiger partial charge on any atom is 0.348 e. The minimum Gasteiger partial charge on any atom is -0.457 e. The highest BCUT2D eigenvalue weighted by Crippen LogP contribution is 2.45. The van der Waals surface area contributed by atoms with Crippen molar-refractivity contribution < 1.29 is 23.7 Å². The number of rotatable bonds is 5. The molecule has 1 aromatic heterocycles. The second-order valence-corrected chi connectivity index (χ2v) is 6.13. The fourth-order valence-corrected chi connectivity index (χ4v) is 3.01. The van der Waals surface area contributed by atoms with Gasteiger partial charge < -0.3 is 14.5 Å². The van der Waals surface area contributed by atoms with Crippen LogP contribution in [0.3, 0.4) is 0 Å². The van der Waals surface area contributed by atoms with Gasteiger partial charge in [-0.25, -0.2) is 9.18 Å². The number of thiophene rings is 1. The Kier molecular flexibility index (Phi) is 4.83. The van der Waals surface area contributed by atoms with Gasteiger partial charge in [-0.2, -0.15) is 0 Å². The molecule has 20 heavy (non-hydrogen) atoms. The second kappa shape index (κ2) is 6.41. The molecule has 106 valence electrons. The molecular weight excluding hydrogens is 302 g/mol. The van der Waals surface area contributed by atoms with Gasteiger partial charge in [-0.15, -0.1) is 11.3 Å². The van der Waals surface area contributed by atoms with Crippen molar-refractivity contribution in [3.8, 4) is 0 Å². The molecule has 2 N–H and O–H groups in total. The Morgan fingerprint density at radius 2 is 2.25 bits per heavy atom. The van der Waals surface area contributed by atoms with Crippen LogP contribution in [0, 0.1) is 0 Å². The third-order valence-electron chi connectivity index (χ3n) is 2.55. The molecule has 1 atom stereocenters. The molecular formula is C13H12FO4PS. The minimum absolute atomic E-state index is 0.129. The Labute approximate surface area is 120 Å². The van der Waals surface area contributed by atoms with Crippen molar-refractivity contribution in [2.24, 2.45) is 0 Å². The van der Waals surface area contributed by atoms with Gasteiger partial charge in [0.2, 0.25) is 8.38 Å². The van der Waals surface area contributed by atoms with Crippen LogP contribution in [0.4, 0.5) is 4.39 Å². The maximum atomic E-state index is 13.5. The highest BCUT2D eigenvalue weighted by Gasteiger charge is 2.20. The standard InChI is InChI=1S/C13H12FO4PS/c1-2-5-18-13(15)11-7-9-6-8(12(14)19(16)17)3-4-10(9)20-11/h2-4,6-7,12,16-17H,1,5H2. The van der Waals surface area contributed by atoms with Crippen molar-refractivity contribution in [2.45, 2.75) is 5.91 Å². The van der Waals surface area contributed by atoms with Crippen LogP contribution in [0.5, 0.6) is 0 Å². The van der Waals surface area contributed by atoms with Crippen molar-refractivity contribution in [3.05, 3.63) is 47.4 Å². The van der Waals surface area contributed by atoms with Gasteiger partial charge in [0.15, 0.2) is 5.91 Å². The average Bonchev–Trinajstić information content (AvgIpc) is 2.86. The largest absolute Gasteiger partial charge is 0.457 e. The van der Waals surface area contributed by atoms with E-state index in [4.69, 9.17) is 14.5 Å². The molecule has 1 heterocycles. The predicted molar refractivity (Wildman–Crippen MR) is 77.5 cm³/mol. The minimum atomic E-state index is -2.67. The summed E-state index contributed by atoms with van der Waals surface area (Å²) in [6, 6.07) is 6.22. The van der Waals surface area contributed by atoms with E-state index in [0.29, 0.717) is 10.3 Å². The van der Waals surface area contributed by atoms with Gasteiger partial charge in [-0.3, -0.25) is 0 Å². The lowest BCUT2D eigenvalue weighted by Crippen LogP contribution is -2.02. The van der Waals surface area contributed by atoms with Gasteiger partial charge in [0.05, 0.1) is 0 Å². The van der Waals surface area contributed by atoms with Crippen molar-refractivity contribution >= 4 is 35.8 Å². The van der Waals surface area contributed by atoms with Crippen LogP contribution in [-0.4, -0.2) is 22.4 Å². The summed E-state index contributed by atoms with van der Waals surface area (Å²) in [7, 11) is -2.67. The monoisotopic (exact) mass is 314 g/mol. The topological polar surface area (TPSA) is 66.8 Å². The molecule has 0 amide bonds. The van der Waals surface area contributed by atoms with Crippen LogP contribution in [0.1, 0.15) is 21.1 Å². The lowest BCUT2D eigenvalue weighted by molar-refractivity contribution is 0.0555. The molecule has 0 bridgehead atoms. The number of alkyl halides is 1. The van der Waals surface area contributed by atoms with E-state index in [9.17, 15) is 9.18 Å². The number of hydrogen-bond donors (Lipinski definition) is 2. The van der Waals surface area contributed by atoms with Crippen molar-refractivity contribution in [3.63, 3.8) is 0 Å². The highest BCUT2D eigenvalue weighted by atomic mass is 32.1. The molecule has 4 nitrogen and oxygen atoms in total.